The molecule has 3 rings (SSSR count). The van der Waals surface area contributed by atoms with Gasteiger partial charge in [0.2, 0.25) is 0 Å². The molecule has 0 radical (unpaired) electrons. The first kappa shape index (κ1) is 15.7. The minimum absolute atomic E-state index is 0.0175. The number of aliphatic hydroxyl groups excluding tert-OH is 1. The van der Waals surface area contributed by atoms with Crippen molar-refractivity contribution in [1.82, 2.24) is 20.1 Å². The van der Waals surface area contributed by atoms with Crippen LogP contribution in [0.3, 0.4) is 0 Å². The number of rotatable bonds is 4. The summed E-state index contributed by atoms with van der Waals surface area (Å²) >= 11 is 0. The summed E-state index contributed by atoms with van der Waals surface area (Å²) in [6.07, 6.45) is 1.30. The smallest absolute Gasteiger partial charge is 0.253 e. The summed E-state index contributed by atoms with van der Waals surface area (Å²) in [7, 11) is 0. The van der Waals surface area contributed by atoms with Crippen molar-refractivity contribution in [2.75, 3.05) is 13.1 Å². The summed E-state index contributed by atoms with van der Waals surface area (Å²) in [5.41, 5.74) is 1.55. The number of aliphatic hydroxyl groups is 1. The Labute approximate surface area is 135 Å². The van der Waals surface area contributed by atoms with Crippen molar-refractivity contribution in [1.29, 1.82) is 0 Å². The highest BCUT2D eigenvalue weighted by molar-refractivity contribution is 5.94. The van der Waals surface area contributed by atoms with Gasteiger partial charge in [-0.05, 0) is 25.5 Å². The first-order valence-electron chi connectivity index (χ1n) is 8.07. The zero-order valence-corrected chi connectivity index (χ0v) is 13.5. The van der Waals surface area contributed by atoms with Gasteiger partial charge in [0.25, 0.3) is 5.91 Å². The topological polar surface area (TPSA) is 82.1 Å². The Balaban J connectivity index is 1.71. The van der Waals surface area contributed by atoms with Gasteiger partial charge in [-0.25, -0.2) is 4.98 Å². The van der Waals surface area contributed by atoms with Crippen LogP contribution in [0.5, 0.6) is 0 Å². The lowest BCUT2D eigenvalue weighted by Crippen LogP contribution is -2.30. The number of likely N-dealkylation sites (tertiary alicyclic amines) is 1. The summed E-state index contributed by atoms with van der Waals surface area (Å²) in [6, 6.07) is 7.38. The molecule has 23 heavy (non-hydrogen) atoms. The Hall–Kier alpha value is -2.21. The van der Waals surface area contributed by atoms with E-state index in [-0.39, 0.29) is 17.9 Å². The normalized spacial score (nSPS) is 19.1. The molecule has 0 saturated carbocycles. The molecule has 1 aromatic heterocycles. The standard InChI is InChI=1S/C17H22N4O2/c1-3-15-18-16(20-19-15)12-4-6-13(7-5-12)17(23)21-9-8-14(10-21)11(2)22/h4-7,11,14,22H,3,8-10H2,1-2H3,(H,18,19,20). The van der Waals surface area contributed by atoms with E-state index in [2.05, 4.69) is 15.2 Å². The van der Waals surface area contributed by atoms with E-state index >= 15 is 0 Å². The first-order chi connectivity index (χ1) is 11.1. The predicted octanol–water partition coefficient (Wildman–Crippen LogP) is 1.88. The van der Waals surface area contributed by atoms with Gasteiger partial charge < -0.3 is 10.0 Å². The van der Waals surface area contributed by atoms with Crippen LogP contribution in [0.1, 0.15) is 36.5 Å². The third-order valence-electron chi connectivity index (χ3n) is 4.45. The van der Waals surface area contributed by atoms with Crippen molar-refractivity contribution in [3.05, 3.63) is 35.7 Å². The third kappa shape index (κ3) is 3.27. The van der Waals surface area contributed by atoms with Crippen LogP contribution < -0.4 is 0 Å². The van der Waals surface area contributed by atoms with Crippen LogP contribution in [0.4, 0.5) is 0 Å². The molecule has 1 saturated heterocycles. The van der Waals surface area contributed by atoms with E-state index in [9.17, 15) is 9.90 Å². The largest absolute Gasteiger partial charge is 0.393 e. The molecular formula is C17H22N4O2. The van der Waals surface area contributed by atoms with Crippen molar-refractivity contribution >= 4 is 5.91 Å². The molecule has 2 aromatic rings. The number of aromatic nitrogens is 3. The number of carbonyl (C=O) groups excluding carboxylic acids is 1. The van der Waals surface area contributed by atoms with E-state index in [1.165, 1.54) is 0 Å². The molecule has 0 spiro atoms. The van der Waals surface area contributed by atoms with E-state index < -0.39 is 0 Å². The van der Waals surface area contributed by atoms with Gasteiger partial charge in [-0.15, -0.1) is 0 Å². The van der Waals surface area contributed by atoms with Crippen LogP contribution in [0, 0.1) is 5.92 Å². The number of amides is 1. The van der Waals surface area contributed by atoms with E-state index in [0.29, 0.717) is 24.5 Å². The van der Waals surface area contributed by atoms with Crippen molar-refractivity contribution in [2.45, 2.75) is 32.8 Å². The molecule has 2 unspecified atom stereocenters. The average molecular weight is 314 g/mol. The number of hydrogen-bond acceptors (Lipinski definition) is 4. The lowest BCUT2D eigenvalue weighted by atomic mass is 10.0. The number of aryl methyl sites for hydroxylation is 1. The highest BCUT2D eigenvalue weighted by Crippen LogP contribution is 2.22. The van der Waals surface area contributed by atoms with Crippen molar-refractivity contribution in [3.63, 3.8) is 0 Å². The lowest BCUT2D eigenvalue weighted by molar-refractivity contribution is 0.0762. The summed E-state index contributed by atoms with van der Waals surface area (Å²) in [6.45, 7) is 5.13. The SMILES string of the molecule is CCc1nc(-c2ccc(C(=O)N3CCC(C(C)O)C3)cc2)n[nH]1. The lowest BCUT2D eigenvalue weighted by Gasteiger charge is -2.17. The number of nitrogens with one attached hydrogen (secondary N) is 1. The summed E-state index contributed by atoms with van der Waals surface area (Å²) in [5, 5.41) is 16.7. The molecule has 2 heterocycles. The quantitative estimate of drug-likeness (QED) is 0.902. The van der Waals surface area contributed by atoms with E-state index in [1.807, 2.05) is 36.1 Å². The number of hydrogen-bond donors (Lipinski definition) is 2. The molecule has 0 bridgehead atoms. The van der Waals surface area contributed by atoms with Crippen molar-refractivity contribution in [2.24, 2.45) is 5.92 Å². The monoisotopic (exact) mass is 314 g/mol. The second-order valence-electron chi connectivity index (χ2n) is 6.08. The van der Waals surface area contributed by atoms with Crippen LogP contribution in [0.2, 0.25) is 0 Å². The molecule has 1 aromatic carbocycles. The fourth-order valence-corrected chi connectivity index (χ4v) is 2.89. The molecule has 1 amide bonds. The molecule has 2 N–H and O–H groups in total. The maximum atomic E-state index is 12.5. The second kappa shape index (κ2) is 6.50. The van der Waals surface area contributed by atoms with Gasteiger partial charge in [-0.3, -0.25) is 9.89 Å². The maximum Gasteiger partial charge on any atom is 0.253 e. The molecule has 122 valence electrons. The highest BCUT2D eigenvalue weighted by atomic mass is 16.3. The van der Waals surface area contributed by atoms with Crippen molar-refractivity contribution in [3.8, 4) is 11.4 Å². The molecule has 2 atom stereocenters. The third-order valence-corrected chi connectivity index (χ3v) is 4.45. The van der Waals surface area contributed by atoms with Gasteiger partial charge in [0.15, 0.2) is 5.82 Å². The van der Waals surface area contributed by atoms with Crippen LogP contribution >= 0.6 is 0 Å². The second-order valence-corrected chi connectivity index (χ2v) is 6.08. The van der Waals surface area contributed by atoms with E-state index in [4.69, 9.17) is 0 Å². The van der Waals surface area contributed by atoms with Gasteiger partial charge >= 0.3 is 0 Å². The fourth-order valence-electron chi connectivity index (χ4n) is 2.89. The van der Waals surface area contributed by atoms with Gasteiger partial charge in [0.05, 0.1) is 6.10 Å². The molecule has 1 aliphatic rings. The van der Waals surface area contributed by atoms with Gasteiger partial charge in [-0.2, -0.15) is 5.10 Å². The molecule has 6 heteroatoms. The minimum Gasteiger partial charge on any atom is -0.393 e. The number of H-pyrrole nitrogens is 1. The van der Waals surface area contributed by atoms with Crippen molar-refractivity contribution < 1.29 is 9.90 Å². The summed E-state index contributed by atoms with van der Waals surface area (Å²) in [5.74, 6) is 1.69. The average Bonchev–Trinajstić information content (AvgIpc) is 3.23. The molecule has 6 nitrogen and oxygen atoms in total. The van der Waals surface area contributed by atoms with Gasteiger partial charge in [0.1, 0.15) is 5.82 Å². The first-order valence-corrected chi connectivity index (χ1v) is 8.07. The van der Waals surface area contributed by atoms with Crippen LogP contribution in [-0.4, -0.2) is 50.3 Å². The molecular weight excluding hydrogens is 292 g/mol. The molecule has 0 aliphatic carbocycles. The molecule has 1 aliphatic heterocycles. The Kier molecular flexibility index (Phi) is 4.43. The van der Waals surface area contributed by atoms with Crippen LogP contribution in [0.25, 0.3) is 11.4 Å². The highest BCUT2D eigenvalue weighted by Gasteiger charge is 2.29. The van der Waals surface area contributed by atoms with E-state index in [0.717, 1.165) is 24.2 Å². The Bertz CT molecular complexity index is 678. The molecule has 1 fully saturated rings. The van der Waals surface area contributed by atoms with Crippen LogP contribution in [0.15, 0.2) is 24.3 Å². The summed E-state index contributed by atoms with van der Waals surface area (Å²) < 4.78 is 0. The number of carbonyl (C=O) groups is 1. The minimum atomic E-state index is -0.367. The predicted molar refractivity (Wildman–Crippen MR) is 86.9 cm³/mol. The maximum absolute atomic E-state index is 12.5. The Morgan fingerprint density at radius 1 is 1.43 bits per heavy atom. The van der Waals surface area contributed by atoms with Gasteiger partial charge in [-0.1, -0.05) is 19.1 Å². The van der Waals surface area contributed by atoms with Crippen LogP contribution in [-0.2, 0) is 6.42 Å². The number of benzene rings is 1. The number of nitrogens with zero attached hydrogens (tertiary/aromatic N) is 3. The van der Waals surface area contributed by atoms with E-state index in [1.54, 1.807) is 6.92 Å². The zero-order valence-electron chi connectivity index (χ0n) is 13.5. The fraction of sp³-hybridized carbons (Fsp3) is 0.471. The zero-order chi connectivity index (χ0) is 16.4. The Morgan fingerprint density at radius 3 is 2.74 bits per heavy atom. The number of aromatic amines is 1. The summed E-state index contributed by atoms with van der Waals surface area (Å²) in [4.78, 5) is 18.7. The van der Waals surface area contributed by atoms with Gasteiger partial charge in [0, 0.05) is 36.6 Å². The Morgan fingerprint density at radius 2 is 2.17 bits per heavy atom.